The number of ether oxygens (including phenoxy) is 3. The van der Waals surface area contributed by atoms with Crippen LogP contribution >= 0.6 is 0 Å². The van der Waals surface area contributed by atoms with Gasteiger partial charge >= 0.3 is 5.97 Å². The lowest BCUT2D eigenvalue weighted by atomic mass is 10.0. The Morgan fingerprint density at radius 1 is 1.13 bits per heavy atom. The highest BCUT2D eigenvalue weighted by molar-refractivity contribution is 5.92. The van der Waals surface area contributed by atoms with Crippen LogP contribution in [0, 0.1) is 28.8 Å². The molecule has 2 unspecified atom stereocenters. The third kappa shape index (κ3) is 7.01. The number of methoxy groups -OCH3 is 1. The number of rotatable bonds is 12. The predicted octanol–water partition coefficient (Wildman–Crippen LogP) is 6.06. The molecule has 4 aromatic rings. The van der Waals surface area contributed by atoms with Crippen molar-refractivity contribution in [1.29, 1.82) is 5.26 Å². The number of aromatic nitrogens is 2. The van der Waals surface area contributed by atoms with E-state index in [1.165, 1.54) is 36.4 Å². The summed E-state index contributed by atoms with van der Waals surface area (Å²) in [5, 5.41) is 18.4. The zero-order valence-corrected chi connectivity index (χ0v) is 24.8. The van der Waals surface area contributed by atoms with Crippen molar-refractivity contribution >= 4 is 23.7 Å². The lowest BCUT2D eigenvalue weighted by Gasteiger charge is -2.21. The van der Waals surface area contributed by atoms with Crippen molar-refractivity contribution in [1.82, 2.24) is 9.55 Å². The van der Waals surface area contributed by atoms with E-state index in [9.17, 15) is 14.3 Å². The Hall–Kier alpha value is -5.25. The Morgan fingerprint density at radius 3 is 2.61 bits per heavy atom. The van der Waals surface area contributed by atoms with Gasteiger partial charge in [-0.15, -0.1) is 0 Å². The number of nitrogens with zero attached hydrogens (tertiary/aromatic N) is 4. The Morgan fingerprint density at radius 2 is 1.89 bits per heavy atom. The first-order valence-electron chi connectivity index (χ1n) is 14.2. The Bertz CT molecular complexity index is 1900. The van der Waals surface area contributed by atoms with Crippen LogP contribution < -0.4 is 0 Å². The molecule has 5 rings (SSSR count). The monoisotopic (exact) mass is 630 g/mol. The van der Waals surface area contributed by atoms with Gasteiger partial charge in [-0.05, 0) is 72.8 Å². The molecule has 0 amide bonds. The minimum Gasteiger partial charge on any atom is -0.478 e. The summed E-state index contributed by atoms with van der Waals surface area (Å²) in [5.41, 5.74) is 1.72. The fourth-order valence-electron chi connectivity index (χ4n) is 5.23. The molecule has 1 fully saturated rings. The molecule has 3 aromatic carbocycles. The topological polar surface area (TPSA) is 119 Å². The number of hydrogen-bond donors (Lipinski definition) is 1. The molecule has 0 aliphatic carbocycles. The third-order valence-electron chi connectivity index (χ3n) is 7.63. The number of halogens is 3. The normalized spacial score (nSPS) is 16.6. The van der Waals surface area contributed by atoms with Crippen molar-refractivity contribution in [3.8, 4) is 6.07 Å². The molecule has 1 aliphatic rings. The molecule has 0 bridgehead atoms. The van der Waals surface area contributed by atoms with Crippen LogP contribution in [0.5, 0.6) is 0 Å². The average Bonchev–Trinajstić information content (AvgIpc) is 3.66. The fraction of sp³-hybridized carbons (Fsp3) is 0.235. The number of aromatic carboxylic acids is 1. The zero-order valence-electron chi connectivity index (χ0n) is 24.8. The van der Waals surface area contributed by atoms with Crippen LogP contribution in [0.1, 0.15) is 44.5 Å². The molecule has 1 aromatic heterocycles. The molecule has 1 aliphatic heterocycles. The van der Waals surface area contributed by atoms with E-state index < -0.39 is 23.4 Å². The second-order valence-corrected chi connectivity index (χ2v) is 10.5. The van der Waals surface area contributed by atoms with Gasteiger partial charge < -0.3 is 23.9 Å². The van der Waals surface area contributed by atoms with Crippen molar-refractivity contribution in [2.45, 2.75) is 31.6 Å². The summed E-state index contributed by atoms with van der Waals surface area (Å²) in [6.45, 7) is 3.89. The molecule has 0 spiro atoms. The minimum absolute atomic E-state index is 0.0552. The van der Waals surface area contributed by atoms with Crippen LogP contribution in [0.25, 0.3) is 11.0 Å². The summed E-state index contributed by atoms with van der Waals surface area (Å²) >= 11 is 0. The maximum Gasteiger partial charge on any atom is 0.335 e. The number of nitriles is 1. The molecule has 2 heterocycles. The molecule has 46 heavy (non-hydrogen) atoms. The van der Waals surface area contributed by atoms with Crippen LogP contribution in [0.3, 0.4) is 0 Å². The SMILES string of the molecule is C=N/C(=C\C=C/Cc1cc(F)c(Cc2nc3ccc(C(=O)O)cc3n2C2COCC2OC)cc1F)OCc1ccc(C#N)cc1F. The van der Waals surface area contributed by atoms with Gasteiger partial charge in [0.25, 0.3) is 0 Å². The molecule has 9 nitrogen and oxygen atoms in total. The standard InChI is InChI=1S/C34H29F3N4O5/c1-39-33(46-17-23-8-7-20(16-38)11-25(23)35)6-4-3-5-21-12-27(37)24(13-26(21)36)15-32-40-28-10-9-22(34(42)43)14-29(28)41(32)30-18-45-19-31(30)44-2/h3-4,6-14,30-31H,1,5,15,17-19H2,2H3,(H,42,43)/b4-3-,33-6+. The predicted molar refractivity (Wildman–Crippen MR) is 163 cm³/mol. The van der Waals surface area contributed by atoms with Gasteiger partial charge in [0.15, 0.2) is 0 Å². The minimum atomic E-state index is -1.10. The quantitative estimate of drug-likeness (QED) is 0.115. The number of benzene rings is 3. The highest BCUT2D eigenvalue weighted by atomic mass is 19.1. The van der Waals surface area contributed by atoms with E-state index in [1.807, 2.05) is 6.07 Å². The smallest absolute Gasteiger partial charge is 0.335 e. The number of aliphatic imine (C=N–C) groups is 1. The molecule has 12 heteroatoms. The maximum atomic E-state index is 15.4. The third-order valence-corrected chi connectivity index (χ3v) is 7.63. The van der Waals surface area contributed by atoms with Gasteiger partial charge in [0, 0.05) is 19.1 Å². The van der Waals surface area contributed by atoms with Crippen molar-refractivity contribution in [3.63, 3.8) is 0 Å². The van der Waals surface area contributed by atoms with Crippen molar-refractivity contribution in [2.24, 2.45) is 4.99 Å². The molecule has 2 atom stereocenters. The molecular formula is C34H29F3N4O5. The summed E-state index contributed by atoms with van der Waals surface area (Å²) < 4.78 is 63.1. The number of carboxylic acid groups (broad SMARTS) is 1. The van der Waals surface area contributed by atoms with Crippen LogP contribution in [0.2, 0.25) is 0 Å². The van der Waals surface area contributed by atoms with Crippen LogP contribution in [-0.4, -0.2) is 53.8 Å². The highest BCUT2D eigenvalue weighted by Crippen LogP contribution is 2.31. The van der Waals surface area contributed by atoms with E-state index in [2.05, 4.69) is 16.7 Å². The first-order chi connectivity index (χ1) is 22.2. The second-order valence-electron chi connectivity index (χ2n) is 10.5. The zero-order chi connectivity index (χ0) is 32.8. The van der Waals surface area contributed by atoms with E-state index >= 15 is 8.78 Å². The van der Waals surface area contributed by atoms with Crippen LogP contribution in [0.4, 0.5) is 13.2 Å². The molecule has 236 valence electrons. The molecular weight excluding hydrogens is 601 g/mol. The second kappa shape index (κ2) is 14.2. The molecule has 1 saturated heterocycles. The van der Waals surface area contributed by atoms with Crippen molar-refractivity contribution in [3.05, 3.63) is 124 Å². The van der Waals surface area contributed by atoms with Gasteiger partial charge in [-0.3, -0.25) is 0 Å². The van der Waals surface area contributed by atoms with E-state index in [4.69, 9.17) is 19.5 Å². The van der Waals surface area contributed by atoms with Gasteiger partial charge in [0.1, 0.15) is 36.0 Å². The Balaban J connectivity index is 1.32. The van der Waals surface area contributed by atoms with E-state index in [0.29, 0.717) is 23.5 Å². The number of imidazole rings is 1. The Labute approximate surface area is 262 Å². The number of carbonyl (C=O) groups is 1. The summed E-state index contributed by atoms with van der Waals surface area (Å²) in [6.07, 6.45) is 4.23. The summed E-state index contributed by atoms with van der Waals surface area (Å²) in [5.74, 6) is -2.43. The lowest BCUT2D eigenvalue weighted by Crippen LogP contribution is -2.26. The molecule has 1 N–H and O–H groups in total. The first-order valence-corrected chi connectivity index (χ1v) is 14.2. The van der Waals surface area contributed by atoms with Crippen molar-refractivity contribution < 1.29 is 37.3 Å². The van der Waals surface area contributed by atoms with Gasteiger partial charge in [0.05, 0.1) is 47.5 Å². The van der Waals surface area contributed by atoms with Crippen LogP contribution in [0.15, 0.2) is 77.6 Å². The average molecular weight is 631 g/mol. The number of fused-ring (bicyclic) bond motifs is 1. The van der Waals surface area contributed by atoms with Crippen molar-refractivity contribution in [2.75, 3.05) is 20.3 Å². The summed E-state index contributed by atoms with van der Waals surface area (Å²) in [6, 6.07) is 12.3. The summed E-state index contributed by atoms with van der Waals surface area (Å²) in [7, 11) is 1.55. The molecule has 0 saturated carbocycles. The molecule has 0 radical (unpaired) electrons. The number of hydrogen-bond acceptors (Lipinski definition) is 7. The summed E-state index contributed by atoms with van der Waals surface area (Å²) in [4.78, 5) is 20.0. The largest absolute Gasteiger partial charge is 0.478 e. The first kappa shape index (κ1) is 32.2. The lowest BCUT2D eigenvalue weighted by molar-refractivity contribution is 0.0687. The number of allylic oxidation sites excluding steroid dienone is 3. The van der Waals surface area contributed by atoms with Crippen LogP contribution in [-0.2, 0) is 33.7 Å². The van der Waals surface area contributed by atoms with Gasteiger partial charge in [-0.1, -0.05) is 18.2 Å². The van der Waals surface area contributed by atoms with Gasteiger partial charge in [0.2, 0.25) is 5.88 Å². The maximum absolute atomic E-state index is 15.4. The number of carboxylic acids is 1. The van der Waals surface area contributed by atoms with Gasteiger partial charge in [-0.2, -0.15) is 5.26 Å². The van der Waals surface area contributed by atoms with E-state index in [0.717, 1.165) is 18.2 Å². The van der Waals surface area contributed by atoms with E-state index in [1.54, 1.807) is 23.8 Å². The fourth-order valence-corrected chi connectivity index (χ4v) is 5.23. The van der Waals surface area contributed by atoms with Gasteiger partial charge in [-0.25, -0.2) is 27.9 Å². The Kier molecular flexibility index (Phi) is 9.95. The van der Waals surface area contributed by atoms with E-state index in [-0.39, 0.29) is 71.9 Å². The highest BCUT2D eigenvalue weighted by Gasteiger charge is 2.33.